The summed E-state index contributed by atoms with van der Waals surface area (Å²) >= 11 is 0. The van der Waals surface area contributed by atoms with Crippen LogP contribution in [0.5, 0.6) is 0 Å². The van der Waals surface area contributed by atoms with Gasteiger partial charge in [0.25, 0.3) is 0 Å². The fourth-order valence-electron chi connectivity index (χ4n) is 1.76. The molecule has 0 aromatic heterocycles. The second-order valence-electron chi connectivity index (χ2n) is 4.25. The third-order valence-electron chi connectivity index (χ3n) is 2.58. The van der Waals surface area contributed by atoms with E-state index in [2.05, 4.69) is 9.80 Å². The normalized spacial score (nSPS) is 21.2. The van der Waals surface area contributed by atoms with Crippen molar-refractivity contribution in [2.75, 3.05) is 40.3 Å². The summed E-state index contributed by atoms with van der Waals surface area (Å²) in [5.74, 6) is 0. The van der Waals surface area contributed by atoms with Crippen LogP contribution in [0.25, 0.3) is 0 Å². The molecule has 1 saturated heterocycles. The van der Waals surface area contributed by atoms with Gasteiger partial charge in [0, 0.05) is 13.1 Å². The molecule has 1 atom stereocenters. The van der Waals surface area contributed by atoms with Gasteiger partial charge in [-0.1, -0.05) is 0 Å². The van der Waals surface area contributed by atoms with Gasteiger partial charge in [-0.05, 0) is 46.4 Å². The zero-order valence-corrected chi connectivity index (χ0v) is 8.87. The molecule has 0 aliphatic carbocycles. The number of aliphatic hydroxyl groups is 1. The SMILES string of the molecule is CN(C)CCC(O)CN1CCCC1. The Labute approximate surface area is 81.3 Å². The summed E-state index contributed by atoms with van der Waals surface area (Å²) in [6.45, 7) is 4.21. The van der Waals surface area contributed by atoms with Crippen LogP contribution in [0.1, 0.15) is 19.3 Å². The first-order valence-electron chi connectivity index (χ1n) is 5.23. The third kappa shape index (κ3) is 4.60. The van der Waals surface area contributed by atoms with Crippen LogP contribution in [0.15, 0.2) is 0 Å². The first-order chi connectivity index (χ1) is 6.18. The van der Waals surface area contributed by atoms with Gasteiger partial charge in [0.2, 0.25) is 0 Å². The number of aliphatic hydroxyl groups excluding tert-OH is 1. The summed E-state index contributed by atoms with van der Waals surface area (Å²) in [6.07, 6.45) is 3.37. The summed E-state index contributed by atoms with van der Waals surface area (Å²) < 4.78 is 0. The van der Waals surface area contributed by atoms with Gasteiger partial charge in [-0.2, -0.15) is 0 Å². The molecule has 3 nitrogen and oxygen atoms in total. The Bertz CT molecular complexity index is 133. The van der Waals surface area contributed by atoms with Gasteiger partial charge in [0.05, 0.1) is 6.10 Å². The molecular formula is C10H22N2O. The van der Waals surface area contributed by atoms with Gasteiger partial charge in [-0.15, -0.1) is 0 Å². The smallest absolute Gasteiger partial charge is 0.0679 e. The van der Waals surface area contributed by atoms with Crippen molar-refractivity contribution < 1.29 is 5.11 Å². The Kier molecular flexibility index (Phi) is 4.70. The zero-order valence-electron chi connectivity index (χ0n) is 8.87. The maximum atomic E-state index is 9.69. The van der Waals surface area contributed by atoms with Crippen LogP contribution < -0.4 is 0 Å². The highest BCUT2D eigenvalue weighted by molar-refractivity contribution is 4.70. The molecule has 1 rings (SSSR count). The van der Waals surface area contributed by atoms with Gasteiger partial charge in [0.15, 0.2) is 0 Å². The van der Waals surface area contributed by atoms with E-state index >= 15 is 0 Å². The number of likely N-dealkylation sites (tertiary alicyclic amines) is 1. The molecule has 0 radical (unpaired) electrons. The second-order valence-corrected chi connectivity index (χ2v) is 4.25. The summed E-state index contributed by atoms with van der Waals surface area (Å²) in [4.78, 5) is 4.48. The van der Waals surface area contributed by atoms with Crippen LogP contribution >= 0.6 is 0 Å². The minimum Gasteiger partial charge on any atom is -0.392 e. The van der Waals surface area contributed by atoms with Gasteiger partial charge in [-0.3, -0.25) is 0 Å². The van der Waals surface area contributed by atoms with Crippen molar-refractivity contribution in [3.05, 3.63) is 0 Å². The molecule has 0 bridgehead atoms. The fraction of sp³-hybridized carbons (Fsp3) is 1.00. The molecule has 0 amide bonds. The van der Waals surface area contributed by atoms with E-state index in [1.54, 1.807) is 0 Å². The van der Waals surface area contributed by atoms with E-state index in [0.29, 0.717) is 0 Å². The number of β-amino-alcohol motifs (C(OH)–C–C–N with tert-alkyl or cyclic N) is 1. The van der Waals surface area contributed by atoms with Crippen molar-refractivity contribution in [1.82, 2.24) is 9.80 Å². The van der Waals surface area contributed by atoms with Crippen LogP contribution in [0, 0.1) is 0 Å². The summed E-state index contributed by atoms with van der Waals surface area (Å²) in [6, 6.07) is 0. The molecule has 1 aliphatic rings. The highest BCUT2D eigenvalue weighted by Gasteiger charge is 2.15. The lowest BCUT2D eigenvalue weighted by Gasteiger charge is -2.20. The van der Waals surface area contributed by atoms with Crippen molar-refractivity contribution in [3.63, 3.8) is 0 Å². The molecule has 1 fully saturated rings. The van der Waals surface area contributed by atoms with E-state index in [1.165, 1.54) is 25.9 Å². The Morgan fingerprint density at radius 3 is 2.46 bits per heavy atom. The van der Waals surface area contributed by atoms with Gasteiger partial charge in [-0.25, -0.2) is 0 Å². The second kappa shape index (κ2) is 5.58. The van der Waals surface area contributed by atoms with Crippen molar-refractivity contribution in [3.8, 4) is 0 Å². The van der Waals surface area contributed by atoms with Crippen LogP contribution in [0.3, 0.4) is 0 Å². The summed E-state index contributed by atoms with van der Waals surface area (Å²) in [5, 5.41) is 9.69. The Morgan fingerprint density at radius 2 is 1.92 bits per heavy atom. The first-order valence-corrected chi connectivity index (χ1v) is 5.23. The van der Waals surface area contributed by atoms with Crippen molar-refractivity contribution >= 4 is 0 Å². The summed E-state index contributed by atoms with van der Waals surface area (Å²) in [5.41, 5.74) is 0. The maximum absolute atomic E-state index is 9.69. The average molecular weight is 186 g/mol. The molecule has 1 heterocycles. The molecule has 1 aliphatic heterocycles. The predicted molar refractivity (Wildman–Crippen MR) is 54.9 cm³/mol. The van der Waals surface area contributed by atoms with Gasteiger partial charge < -0.3 is 14.9 Å². The minimum atomic E-state index is -0.138. The van der Waals surface area contributed by atoms with Gasteiger partial charge in [0.1, 0.15) is 0 Å². The Balaban J connectivity index is 2.05. The maximum Gasteiger partial charge on any atom is 0.0679 e. The predicted octanol–water partition coefficient (Wildman–Crippen LogP) is 0.395. The van der Waals surface area contributed by atoms with Crippen molar-refractivity contribution in [2.24, 2.45) is 0 Å². The van der Waals surface area contributed by atoms with E-state index in [-0.39, 0.29) is 6.10 Å². The van der Waals surface area contributed by atoms with Crippen LogP contribution in [-0.2, 0) is 0 Å². The van der Waals surface area contributed by atoms with E-state index in [1.807, 2.05) is 14.1 Å². The lowest BCUT2D eigenvalue weighted by Crippen LogP contribution is -2.32. The Morgan fingerprint density at radius 1 is 1.31 bits per heavy atom. The topological polar surface area (TPSA) is 26.7 Å². The monoisotopic (exact) mass is 186 g/mol. The Hall–Kier alpha value is -0.120. The minimum absolute atomic E-state index is 0.138. The van der Waals surface area contributed by atoms with Crippen LogP contribution in [0.2, 0.25) is 0 Å². The van der Waals surface area contributed by atoms with Crippen LogP contribution in [-0.4, -0.2) is 61.3 Å². The number of hydrogen-bond acceptors (Lipinski definition) is 3. The van der Waals surface area contributed by atoms with Crippen molar-refractivity contribution in [2.45, 2.75) is 25.4 Å². The summed E-state index contributed by atoms with van der Waals surface area (Å²) in [7, 11) is 4.09. The molecule has 13 heavy (non-hydrogen) atoms. The third-order valence-corrected chi connectivity index (χ3v) is 2.58. The first kappa shape index (κ1) is 11.0. The quantitative estimate of drug-likeness (QED) is 0.673. The number of nitrogens with zero attached hydrogens (tertiary/aromatic N) is 2. The highest BCUT2D eigenvalue weighted by atomic mass is 16.3. The van der Waals surface area contributed by atoms with Crippen molar-refractivity contribution in [1.29, 1.82) is 0 Å². The van der Waals surface area contributed by atoms with E-state index in [9.17, 15) is 5.11 Å². The molecule has 0 aromatic carbocycles. The number of hydrogen-bond donors (Lipinski definition) is 1. The molecule has 0 saturated carbocycles. The lowest BCUT2D eigenvalue weighted by molar-refractivity contribution is 0.109. The highest BCUT2D eigenvalue weighted by Crippen LogP contribution is 2.08. The molecule has 0 aromatic rings. The average Bonchev–Trinajstić information content (AvgIpc) is 2.53. The van der Waals surface area contributed by atoms with E-state index in [4.69, 9.17) is 0 Å². The van der Waals surface area contributed by atoms with Gasteiger partial charge >= 0.3 is 0 Å². The molecule has 3 heteroatoms. The molecule has 1 unspecified atom stereocenters. The fourth-order valence-corrected chi connectivity index (χ4v) is 1.76. The molecular weight excluding hydrogens is 164 g/mol. The standard InChI is InChI=1S/C10H22N2O/c1-11(2)8-5-10(13)9-12-6-3-4-7-12/h10,13H,3-9H2,1-2H3. The van der Waals surface area contributed by atoms with E-state index < -0.39 is 0 Å². The largest absolute Gasteiger partial charge is 0.392 e. The number of rotatable bonds is 5. The molecule has 1 N–H and O–H groups in total. The lowest BCUT2D eigenvalue weighted by atomic mass is 10.2. The molecule has 0 spiro atoms. The zero-order chi connectivity index (χ0) is 9.68. The van der Waals surface area contributed by atoms with E-state index in [0.717, 1.165) is 19.5 Å². The molecule has 78 valence electrons. The van der Waals surface area contributed by atoms with Crippen LogP contribution in [0.4, 0.5) is 0 Å².